The van der Waals surface area contributed by atoms with E-state index in [2.05, 4.69) is 0 Å². The molecule has 0 radical (unpaired) electrons. The van der Waals surface area contributed by atoms with Crippen LogP contribution >= 0.6 is 22.6 Å². The van der Waals surface area contributed by atoms with Crippen molar-refractivity contribution >= 4 is 22.6 Å². The van der Waals surface area contributed by atoms with Crippen molar-refractivity contribution in [3.63, 3.8) is 0 Å². The predicted molar refractivity (Wildman–Crippen MR) is 35.4 cm³/mol. The molecule has 1 nitrogen and oxygen atoms in total. The van der Waals surface area contributed by atoms with E-state index in [-0.39, 0.29) is 0 Å². The molecule has 4 heteroatoms. The molecule has 0 aliphatic carbocycles. The van der Waals surface area contributed by atoms with Gasteiger partial charge in [-0.1, -0.05) is 0 Å². The molecule has 0 atom stereocenters. The molecule has 0 aliphatic rings. The Morgan fingerprint density at radius 2 is 2.12 bits per heavy atom. The third-order valence-corrected chi connectivity index (χ3v) is 1.12. The van der Waals surface area contributed by atoms with Crippen LogP contribution < -0.4 is 0 Å². The lowest BCUT2D eigenvalue weighted by molar-refractivity contribution is 0.111. The van der Waals surface area contributed by atoms with Gasteiger partial charge in [0.1, 0.15) is 0 Å². The number of hydrogen-bond acceptors (Lipinski definition) is 1. The summed E-state index contributed by atoms with van der Waals surface area (Å²) in [6, 6.07) is 0. The summed E-state index contributed by atoms with van der Waals surface area (Å²) >= 11 is 0.851. The SMILES string of the molecule is CC=C(O)C(F)(F)I. The van der Waals surface area contributed by atoms with Crippen LogP contribution in [0.2, 0.25) is 0 Å². The van der Waals surface area contributed by atoms with Gasteiger partial charge < -0.3 is 5.11 Å². The van der Waals surface area contributed by atoms with Crippen LogP contribution in [0.5, 0.6) is 0 Å². The number of aliphatic hydroxyl groups excluding tert-OH is 1. The molecule has 0 aromatic heterocycles. The molecule has 0 spiro atoms. The van der Waals surface area contributed by atoms with E-state index in [4.69, 9.17) is 5.11 Å². The van der Waals surface area contributed by atoms with Crippen LogP contribution in [0, 0.1) is 0 Å². The van der Waals surface area contributed by atoms with Crippen molar-refractivity contribution in [2.45, 2.75) is 10.9 Å². The minimum absolute atomic E-state index is 0.851. The van der Waals surface area contributed by atoms with Gasteiger partial charge in [0, 0.05) is 22.6 Å². The molecule has 0 aromatic rings. The summed E-state index contributed by atoms with van der Waals surface area (Å²) in [6.45, 7) is 1.35. The van der Waals surface area contributed by atoms with Crippen LogP contribution in [0.1, 0.15) is 6.92 Å². The highest BCUT2D eigenvalue weighted by Crippen LogP contribution is 2.29. The van der Waals surface area contributed by atoms with E-state index in [0.29, 0.717) is 0 Å². The summed E-state index contributed by atoms with van der Waals surface area (Å²) in [5.41, 5.74) is 0. The van der Waals surface area contributed by atoms with Crippen LogP contribution in [-0.2, 0) is 0 Å². The highest BCUT2D eigenvalue weighted by atomic mass is 127. The van der Waals surface area contributed by atoms with E-state index >= 15 is 0 Å². The summed E-state index contributed by atoms with van der Waals surface area (Å²) in [4.78, 5) is 0. The Morgan fingerprint density at radius 3 is 2.12 bits per heavy atom. The van der Waals surface area contributed by atoms with Crippen LogP contribution in [-0.4, -0.2) is 9.04 Å². The molecule has 0 rings (SSSR count). The first kappa shape index (κ1) is 8.13. The van der Waals surface area contributed by atoms with Crippen LogP contribution in [0.15, 0.2) is 11.8 Å². The summed E-state index contributed by atoms with van der Waals surface area (Å²) < 4.78 is 20.5. The van der Waals surface area contributed by atoms with Crippen molar-refractivity contribution in [3.05, 3.63) is 11.8 Å². The molecule has 0 fully saturated rings. The second kappa shape index (κ2) is 2.61. The Morgan fingerprint density at radius 1 is 1.75 bits per heavy atom. The normalized spacial score (nSPS) is 14.2. The van der Waals surface area contributed by atoms with E-state index < -0.39 is 9.69 Å². The average molecular weight is 234 g/mol. The fourth-order valence-electron chi connectivity index (χ4n) is 0.164. The fraction of sp³-hybridized carbons (Fsp3) is 0.500. The number of allylic oxidation sites excluding steroid dienone is 2. The molecule has 0 unspecified atom stereocenters. The number of hydrogen-bond donors (Lipinski definition) is 1. The number of aliphatic hydroxyl groups is 1. The number of halogens is 3. The second-order valence-corrected chi connectivity index (χ2v) is 2.53. The molecule has 1 N–H and O–H groups in total. The lowest BCUT2D eigenvalue weighted by Crippen LogP contribution is -2.07. The van der Waals surface area contributed by atoms with Gasteiger partial charge >= 0.3 is 3.93 Å². The first-order chi connectivity index (χ1) is 3.48. The maximum absolute atomic E-state index is 11.8. The van der Waals surface area contributed by atoms with E-state index in [1.54, 1.807) is 0 Å². The third-order valence-electron chi connectivity index (χ3n) is 0.564. The zero-order valence-corrected chi connectivity index (χ0v) is 6.32. The molecule has 0 bridgehead atoms. The molecular formula is C4H5F2IO. The fourth-order valence-corrected chi connectivity index (χ4v) is 0.475. The van der Waals surface area contributed by atoms with Crippen LogP contribution in [0.25, 0.3) is 0 Å². The van der Waals surface area contributed by atoms with Crippen molar-refractivity contribution in [1.82, 2.24) is 0 Å². The van der Waals surface area contributed by atoms with E-state index in [9.17, 15) is 8.78 Å². The average Bonchev–Trinajstić information content (AvgIpc) is 1.62. The smallest absolute Gasteiger partial charge is 0.351 e. The van der Waals surface area contributed by atoms with Crippen molar-refractivity contribution in [1.29, 1.82) is 0 Å². The molecule has 48 valence electrons. The van der Waals surface area contributed by atoms with Crippen molar-refractivity contribution in [2.75, 3.05) is 0 Å². The Labute approximate surface area is 59.5 Å². The lowest BCUT2D eigenvalue weighted by atomic mass is 10.5. The van der Waals surface area contributed by atoms with Gasteiger partial charge in [0.15, 0.2) is 5.76 Å². The van der Waals surface area contributed by atoms with Gasteiger partial charge in [0.25, 0.3) is 0 Å². The molecule has 8 heavy (non-hydrogen) atoms. The van der Waals surface area contributed by atoms with Gasteiger partial charge in [-0.3, -0.25) is 0 Å². The summed E-state index contributed by atoms with van der Waals surface area (Å²) in [5.74, 6) is -0.891. The predicted octanol–water partition coefficient (Wildman–Crippen LogP) is 2.48. The molecule has 0 saturated carbocycles. The summed E-state index contributed by atoms with van der Waals surface area (Å²) in [5, 5.41) is 8.30. The first-order valence-electron chi connectivity index (χ1n) is 1.91. The summed E-state index contributed by atoms with van der Waals surface area (Å²) in [6.07, 6.45) is 0.965. The Balaban J connectivity index is 4.03. The third kappa shape index (κ3) is 2.44. The molecule has 0 heterocycles. The largest absolute Gasteiger partial charge is 0.506 e. The maximum Gasteiger partial charge on any atom is 0.351 e. The standard InChI is InChI=1S/C4H5F2IO/c1-2-3(8)4(5,6)7/h2,8H,1H3. The van der Waals surface area contributed by atoms with Crippen molar-refractivity contribution in [2.24, 2.45) is 0 Å². The van der Waals surface area contributed by atoms with Gasteiger partial charge in [-0.2, -0.15) is 8.78 Å². The zero-order valence-electron chi connectivity index (χ0n) is 4.16. The molecule has 0 saturated heterocycles. The van der Waals surface area contributed by atoms with Crippen molar-refractivity contribution < 1.29 is 13.9 Å². The first-order valence-corrected chi connectivity index (χ1v) is 2.99. The van der Waals surface area contributed by atoms with Crippen molar-refractivity contribution in [3.8, 4) is 0 Å². The molecule has 0 amide bonds. The van der Waals surface area contributed by atoms with Gasteiger partial charge in [-0.25, -0.2) is 0 Å². The highest BCUT2D eigenvalue weighted by molar-refractivity contribution is 14.1. The molecule has 0 aromatic carbocycles. The number of rotatable bonds is 1. The van der Waals surface area contributed by atoms with Gasteiger partial charge in [0.2, 0.25) is 0 Å². The van der Waals surface area contributed by atoms with Gasteiger partial charge in [-0.05, 0) is 13.0 Å². The minimum atomic E-state index is -3.10. The zero-order chi connectivity index (χ0) is 6.78. The van der Waals surface area contributed by atoms with Crippen LogP contribution in [0.4, 0.5) is 8.78 Å². The molecule has 0 aliphatic heterocycles. The monoisotopic (exact) mass is 234 g/mol. The van der Waals surface area contributed by atoms with E-state index in [0.717, 1.165) is 28.7 Å². The highest BCUT2D eigenvalue weighted by Gasteiger charge is 2.28. The lowest BCUT2D eigenvalue weighted by Gasteiger charge is -2.04. The van der Waals surface area contributed by atoms with E-state index in [1.165, 1.54) is 6.92 Å². The Kier molecular flexibility index (Phi) is 2.65. The Bertz CT molecular complexity index is 105. The maximum atomic E-state index is 11.8. The second-order valence-electron chi connectivity index (χ2n) is 1.17. The molecular weight excluding hydrogens is 229 g/mol. The van der Waals surface area contributed by atoms with Crippen LogP contribution in [0.3, 0.4) is 0 Å². The number of alkyl halides is 3. The minimum Gasteiger partial charge on any atom is -0.506 e. The van der Waals surface area contributed by atoms with Gasteiger partial charge in [0.05, 0.1) is 0 Å². The van der Waals surface area contributed by atoms with E-state index in [1.807, 2.05) is 0 Å². The summed E-state index contributed by atoms with van der Waals surface area (Å²) in [7, 11) is 0. The quantitative estimate of drug-likeness (QED) is 0.419. The van der Waals surface area contributed by atoms with Gasteiger partial charge in [-0.15, -0.1) is 0 Å². The Hall–Kier alpha value is 0.130. The topological polar surface area (TPSA) is 20.2 Å².